The monoisotopic (exact) mass is 395 g/mol. The molecule has 1 heterocycles. The molecule has 6 rings (SSSR count). The zero-order chi connectivity index (χ0) is 19.8. The van der Waals surface area contributed by atoms with Gasteiger partial charge in [0, 0.05) is 5.54 Å². The van der Waals surface area contributed by atoms with Crippen LogP contribution in [0.2, 0.25) is 0 Å². The molecule has 4 saturated carbocycles. The Morgan fingerprint density at radius 2 is 1.66 bits per heavy atom. The minimum absolute atomic E-state index is 0.0259. The van der Waals surface area contributed by atoms with E-state index in [1.165, 1.54) is 19.3 Å². The molecule has 0 saturated heterocycles. The Morgan fingerprint density at radius 3 is 2.21 bits per heavy atom. The van der Waals surface area contributed by atoms with Gasteiger partial charge in [0.25, 0.3) is 5.91 Å². The highest BCUT2D eigenvalue weighted by atomic mass is 16.5. The average molecular weight is 395 g/mol. The maximum absolute atomic E-state index is 13.4. The van der Waals surface area contributed by atoms with Crippen LogP contribution in [0.15, 0.2) is 47.1 Å². The van der Waals surface area contributed by atoms with Crippen molar-refractivity contribution in [3.05, 3.63) is 48.4 Å². The van der Waals surface area contributed by atoms with Crippen molar-refractivity contribution in [2.45, 2.75) is 50.6 Å². The second-order valence-corrected chi connectivity index (χ2v) is 9.17. The predicted octanol–water partition coefficient (Wildman–Crippen LogP) is 4.66. The molecule has 1 aromatic heterocycles. The fourth-order valence-electron chi connectivity index (χ4n) is 6.37. The van der Waals surface area contributed by atoms with Gasteiger partial charge in [0.15, 0.2) is 6.61 Å². The first-order valence-corrected chi connectivity index (χ1v) is 10.7. The lowest BCUT2D eigenvalue weighted by Gasteiger charge is -2.60. The number of amides is 1. The number of hydrogen-bond acceptors (Lipinski definition) is 4. The van der Waals surface area contributed by atoms with Gasteiger partial charge in [-0.2, -0.15) is 0 Å². The molecule has 1 aromatic carbocycles. The highest BCUT2D eigenvalue weighted by Crippen LogP contribution is 2.58. The van der Waals surface area contributed by atoms with Crippen LogP contribution in [-0.2, 0) is 11.3 Å². The number of methoxy groups -OCH3 is 1. The van der Waals surface area contributed by atoms with Gasteiger partial charge in [-0.05, 0) is 92.7 Å². The first kappa shape index (κ1) is 18.6. The van der Waals surface area contributed by atoms with E-state index in [9.17, 15) is 4.79 Å². The second kappa shape index (κ2) is 7.43. The van der Waals surface area contributed by atoms with Crippen LogP contribution in [0.3, 0.4) is 0 Å². The number of carbonyl (C=O) groups excluding carboxylic acids is 1. The van der Waals surface area contributed by atoms with E-state index in [2.05, 4.69) is 4.90 Å². The van der Waals surface area contributed by atoms with Crippen LogP contribution >= 0.6 is 0 Å². The number of benzene rings is 1. The Kier molecular flexibility index (Phi) is 4.76. The van der Waals surface area contributed by atoms with Gasteiger partial charge in [-0.25, -0.2) is 0 Å². The number of carbonyl (C=O) groups is 1. The molecular weight excluding hydrogens is 366 g/mol. The van der Waals surface area contributed by atoms with E-state index >= 15 is 0 Å². The molecule has 1 amide bonds. The van der Waals surface area contributed by atoms with Gasteiger partial charge in [-0.15, -0.1) is 0 Å². The summed E-state index contributed by atoms with van der Waals surface area (Å²) in [5, 5.41) is 0. The van der Waals surface area contributed by atoms with Gasteiger partial charge >= 0.3 is 0 Å². The Bertz CT molecular complexity index is 807. The Hall–Kier alpha value is -2.43. The molecule has 0 N–H and O–H groups in total. The molecule has 2 aromatic rings. The van der Waals surface area contributed by atoms with Crippen LogP contribution in [-0.4, -0.2) is 30.1 Å². The van der Waals surface area contributed by atoms with E-state index < -0.39 is 0 Å². The average Bonchev–Trinajstić information content (AvgIpc) is 3.23. The highest BCUT2D eigenvalue weighted by molar-refractivity contribution is 5.78. The van der Waals surface area contributed by atoms with Crippen molar-refractivity contribution < 1.29 is 18.7 Å². The Labute approximate surface area is 172 Å². The van der Waals surface area contributed by atoms with Crippen LogP contribution in [0.5, 0.6) is 11.5 Å². The fraction of sp³-hybridized carbons (Fsp3) is 0.542. The number of ether oxygens (including phenoxy) is 2. The molecule has 29 heavy (non-hydrogen) atoms. The van der Waals surface area contributed by atoms with Gasteiger partial charge in [0.2, 0.25) is 0 Å². The molecule has 5 heteroatoms. The standard InChI is InChI=1S/C24H29NO4/c1-27-20-4-6-21(7-5-20)29-16-23(26)25(15-22-3-2-8-28-22)24-12-17-9-18(13-24)11-19(10-17)14-24/h2-8,17-19H,9-16H2,1H3. The van der Waals surface area contributed by atoms with Crippen LogP contribution < -0.4 is 9.47 Å². The van der Waals surface area contributed by atoms with Crippen molar-refractivity contribution in [1.29, 1.82) is 0 Å². The molecule has 4 aliphatic carbocycles. The third-order valence-corrected chi connectivity index (χ3v) is 7.20. The number of furan rings is 1. The SMILES string of the molecule is COc1ccc(OCC(=O)N(Cc2ccco2)C23CC4CC(CC(C4)C2)C3)cc1. The zero-order valence-corrected chi connectivity index (χ0v) is 17.0. The summed E-state index contributed by atoms with van der Waals surface area (Å²) in [4.78, 5) is 15.5. The van der Waals surface area contributed by atoms with Crippen LogP contribution in [0, 0.1) is 17.8 Å². The van der Waals surface area contributed by atoms with Crippen molar-refractivity contribution in [3.8, 4) is 11.5 Å². The predicted molar refractivity (Wildman–Crippen MR) is 109 cm³/mol. The summed E-state index contributed by atoms with van der Waals surface area (Å²) in [6, 6.07) is 11.2. The summed E-state index contributed by atoms with van der Waals surface area (Å²) in [6.07, 6.45) is 9.14. The zero-order valence-electron chi connectivity index (χ0n) is 17.0. The van der Waals surface area contributed by atoms with E-state index in [4.69, 9.17) is 13.9 Å². The molecule has 4 fully saturated rings. The maximum atomic E-state index is 13.4. The summed E-state index contributed by atoms with van der Waals surface area (Å²) in [5.41, 5.74) is -0.0259. The smallest absolute Gasteiger partial charge is 0.261 e. The van der Waals surface area contributed by atoms with E-state index in [1.807, 2.05) is 36.4 Å². The fourth-order valence-corrected chi connectivity index (χ4v) is 6.37. The van der Waals surface area contributed by atoms with E-state index in [-0.39, 0.29) is 18.1 Å². The molecule has 0 aliphatic heterocycles. The highest BCUT2D eigenvalue weighted by Gasteiger charge is 2.54. The molecular formula is C24H29NO4. The summed E-state index contributed by atoms with van der Waals surface area (Å²) < 4.78 is 16.7. The molecule has 0 spiro atoms. The number of hydrogen-bond donors (Lipinski definition) is 0. The third kappa shape index (κ3) is 3.63. The van der Waals surface area contributed by atoms with Gasteiger partial charge in [0.05, 0.1) is 19.9 Å². The van der Waals surface area contributed by atoms with Crippen LogP contribution in [0.4, 0.5) is 0 Å². The lowest BCUT2D eigenvalue weighted by Crippen LogP contribution is -2.61. The third-order valence-electron chi connectivity index (χ3n) is 7.20. The van der Waals surface area contributed by atoms with E-state index in [1.54, 1.807) is 13.4 Å². The normalized spacial score (nSPS) is 29.6. The molecule has 0 unspecified atom stereocenters. The minimum atomic E-state index is -0.0259. The second-order valence-electron chi connectivity index (χ2n) is 9.17. The Balaban J connectivity index is 1.35. The summed E-state index contributed by atoms with van der Waals surface area (Å²) in [5.74, 6) is 4.68. The lowest BCUT2D eigenvalue weighted by atomic mass is 9.52. The van der Waals surface area contributed by atoms with Gasteiger partial charge in [-0.1, -0.05) is 0 Å². The molecule has 5 nitrogen and oxygen atoms in total. The summed E-state index contributed by atoms with van der Waals surface area (Å²) >= 11 is 0. The first-order valence-electron chi connectivity index (χ1n) is 10.7. The number of nitrogens with zero attached hydrogens (tertiary/aromatic N) is 1. The Morgan fingerprint density at radius 1 is 1.03 bits per heavy atom. The van der Waals surface area contributed by atoms with Gasteiger partial charge in [0.1, 0.15) is 17.3 Å². The lowest BCUT2D eigenvalue weighted by molar-refractivity contribution is -0.155. The van der Waals surface area contributed by atoms with E-state index in [0.717, 1.165) is 48.5 Å². The summed E-state index contributed by atoms with van der Waals surface area (Å²) in [6.45, 7) is 0.582. The van der Waals surface area contributed by atoms with Crippen LogP contribution in [0.1, 0.15) is 44.3 Å². The van der Waals surface area contributed by atoms with Crippen molar-refractivity contribution in [2.75, 3.05) is 13.7 Å². The summed E-state index contributed by atoms with van der Waals surface area (Å²) in [7, 11) is 1.64. The number of rotatable bonds is 7. The van der Waals surface area contributed by atoms with E-state index in [0.29, 0.717) is 12.3 Å². The first-order chi connectivity index (χ1) is 14.1. The molecule has 0 radical (unpaired) electrons. The van der Waals surface area contributed by atoms with Gasteiger partial charge < -0.3 is 18.8 Å². The largest absolute Gasteiger partial charge is 0.497 e. The van der Waals surface area contributed by atoms with Crippen molar-refractivity contribution >= 4 is 5.91 Å². The maximum Gasteiger partial charge on any atom is 0.261 e. The topological polar surface area (TPSA) is 51.9 Å². The minimum Gasteiger partial charge on any atom is -0.497 e. The molecule has 4 aliphatic rings. The van der Waals surface area contributed by atoms with Crippen molar-refractivity contribution in [1.82, 2.24) is 4.90 Å². The van der Waals surface area contributed by atoms with Crippen molar-refractivity contribution in [2.24, 2.45) is 17.8 Å². The molecule has 4 bridgehead atoms. The molecule has 0 atom stereocenters. The quantitative estimate of drug-likeness (QED) is 0.684. The van der Waals surface area contributed by atoms with Gasteiger partial charge in [-0.3, -0.25) is 4.79 Å². The van der Waals surface area contributed by atoms with Crippen LogP contribution in [0.25, 0.3) is 0 Å². The van der Waals surface area contributed by atoms with Crippen molar-refractivity contribution in [3.63, 3.8) is 0 Å². The molecule has 154 valence electrons.